The fourth-order valence-corrected chi connectivity index (χ4v) is 2.29. The molecule has 0 aliphatic carbocycles. The molecule has 0 saturated heterocycles. The molecule has 0 N–H and O–H groups in total. The van der Waals surface area contributed by atoms with Crippen molar-refractivity contribution in [3.8, 4) is 0 Å². The molecule has 0 atom stereocenters. The summed E-state index contributed by atoms with van der Waals surface area (Å²) in [5, 5.41) is 10.8. The smallest absolute Gasteiger partial charge is 0.293 e. The molecule has 0 bridgehead atoms. The summed E-state index contributed by atoms with van der Waals surface area (Å²) < 4.78 is 0.521. The van der Waals surface area contributed by atoms with Crippen LogP contribution in [0, 0.1) is 13.7 Å². The molecule has 15 heavy (non-hydrogen) atoms. The van der Waals surface area contributed by atoms with Crippen molar-refractivity contribution in [3.63, 3.8) is 0 Å². The van der Waals surface area contributed by atoms with Crippen molar-refractivity contribution < 1.29 is 9.72 Å². The fourth-order valence-electron chi connectivity index (χ4n) is 1.05. The van der Waals surface area contributed by atoms with E-state index in [0.717, 1.165) is 0 Å². The summed E-state index contributed by atoms with van der Waals surface area (Å²) >= 11 is 10.5. The number of hydrogen-bond acceptors (Lipinski definition) is 3. The van der Waals surface area contributed by atoms with Crippen LogP contribution in [0.2, 0.25) is 5.02 Å². The number of nitrogens with zero attached hydrogens (tertiary/aromatic N) is 1. The van der Waals surface area contributed by atoms with Crippen molar-refractivity contribution in [3.05, 3.63) is 36.4 Å². The van der Waals surface area contributed by atoms with Gasteiger partial charge in [-0.25, -0.2) is 0 Å². The molecule has 80 valence electrons. The lowest BCUT2D eigenvalue weighted by atomic mass is 10.1. The van der Waals surface area contributed by atoms with Crippen molar-refractivity contribution >= 4 is 61.6 Å². The van der Waals surface area contributed by atoms with Crippen molar-refractivity contribution in [1.29, 1.82) is 0 Å². The molecule has 0 radical (unpaired) electrons. The van der Waals surface area contributed by atoms with Gasteiger partial charge in [0.05, 0.1) is 10.3 Å². The number of benzene rings is 1. The van der Waals surface area contributed by atoms with Gasteiger partial charge < -0.3 is 0 Å². The average Bonchev–Trinajstić information content (AvgIpc) is 2.19. The minimum absolute atomic E-state index is 0.0234. The zero-order chi connectivity index (χ0) is 11.6. The molecule has 1 aromatic carbocycles. The van der Waals surface area contributed by atoms with Crippen LogP contribution in [0.5, 0.6) is 0 Å². The van der Waals surface area contributed by atoms with Crippen LogP contribution < -0.4 is 0 Å². The number of nitro groups is 1. The summed E-state index contributed by atoms with van der Waals surface area (Å²) in [7, 11) is 0. The Balaban J connectivity index is 3.52. The lowest BCUT2D eigenvalue weighted by molar-refractivity contribution is -0.385. The van der Waals surface area contributed by atoms with E-state index in [1.54, 1.807) is 6.07 Å². The van der Waals surface area contributed by atoms with Crippen LogP contribution in [0.25, 0.3) is 0 Å². The van der Waals surface area contributed by atoms with Crippen LogP contribution in [0.3, 0.4) is 0 Å². The summed E-state index contributed by atoms with van der Waals surface area (Å²) in [6.07, 6.45) is 0. The summed E-state index contributed by atoms with van der Waals surface area (Å²) in [5.74, 6) is -0.353. The molecule has 1 rings (SSSR count). The third-order valence-electron chi connectivity index (χ3n) is 1.66. The Morgan fingerprint density at radius 2 is 2.20 bits per heavy atom. The van der Waals surface area contributed by atoms with E-state index < -0.39 is 4.92 Å². The Hall–Kier alpha value is -0.210. The normalized spacial score (nSPS) is 10.1. The van der Waals surface area contributed by atoms with Gasteiger partial charge in [-0.05, 0) is 34.7 Å². The number of halogens is 3. The molecule has 0 aromatic heterocycles. The predicted octanol–water partition coefficient (Wildman–Crippen LogP) is 3.43. The highest BCUT2D eigenvalue weighted by Crippen LogP contribution is 2.32. The summed E-state index contributed by atoms with van der Waals surface area (Å²) in [6.45, 7) is 0. The number of carbonyl (C=O) groups is 1. The third kappa shape index (κ3) is 2.67. The second-order valence-corrected chi connectivity index (χ2v) is 4.70. The second kappa shape index (κ2) is 5.22. The molecular formula is C8H4BrClINO3. The molecular weight excluding hydrogens is 400 g/mol. The molecule has 0 spiro atoms. The Kier molecular flexibility index (Phi) is 4.47. The molecule has 7 heteroatoms. The van der Waals surface area contributed by atoms with Gasteiger partial charge in [-0.3, -0.25) is 14.9 Å². The number of rotatable bonds is 3. The van der Waals surface area contributed by atoms with E-state index in [0.29, 0.717) is 3.57 Å². The molecule has 0 heterocycles. The highest BCUT2D eigenvalue weighted by Gasteiger charge is 2.25. The molecule has 0 fully saturated rings. The Morgan fingerprint density at radius 1 is 1.60 bits per heavy atom. The monoisotopic (exact) mass is 403 g/mol. The quantitative estimate of drug-likeness (QED) is 0.255. The third-order valence-corrected chi connectivity index (χ3v) is 3.37. The van der Waals surface area contributed by atoms with E-state index in [9.17, 15) is 14.9 Å². The highest BCUT2D eigenvalue weighted by molar-refractivity contribution is 14.1. The Bertz CT molecular complexity index is 438. The summed E-state index contributed by atoms with van der Waals surface area (Å²) in [5.41, 5.74) is -0.266. The zero-order valence-electron chi connectivity index (χ0n) is 7.17. The maximum atomic E-state index is 11.5. The van der Waals surface area contributed by atoms with E-state index in [-0.39, 0.29) is 27.4 Å². The minimum Gasteiger partial charge on any atom is -0.293 e. The first-order valence-electron chi connectivity index (χ1n) is 3.70. The van der Waals surface area contributed by atoms with Crippen LogP contribution >= 0.6 is 50.1 Å². The van der Waals surface area contributed by atoms with Gasteiger partial charge in [0.1, 0.15) is 10.6 Å². The van der Waals surface area contributed by atoms with Gasteiger partial charge in [-0.1, -0.05) is 27.5 Å². The fraction of sp³-hybridized carbons (Fsp3) is 0.125. The molecule has 0 unspecified atom stereocenters. The first-order chi connectivity index (χ1) is 6.99. The maximum absolute atomic E-state index is 11.5. The van der Waals surface area contributed by atoms with Crippen molar-refractivity contribution in [2.24, 2.45) is 0 Å². The van der Waals surface area contributed by atoms with E-state index in [4.69, 9.17) is 11.6 Å². The van der Waals surface area contributed by atoms with E-state index in [1.165, 1.54) is 6.07 Å². The molecule has 0 amide bonds. The number of ketones is 1. The van der Waals surface area contributed by atoms with Gasteiger partial charge in [0.2, 0.25) is 0 Å². The Labute approximate surface area is 112 Å². The minimum atomic E-state index is -0.639. The van der Waals surface area contributed by atoms with Gasteiger partial charge >= 0.3 is 0 Å². The first kappa shape index (κ1) is 12.9. The maximum Gasteiger partial charge on any atom is 0.299 e. The highest BCUT2D eigenvalue weighted by atomic mass is 127. The largest absolute Gasteiger partial charge is 0.299 e. The van der Waals surface area contributed by atoms with Crippen LogP contribution in [0.4, 0.5) is 5.69 Å². The topological polar surface area (TPSA) is 60.2 Å². The summed E-state index contributed by atoms with van der Waals surface area (Å²) in [4.78, 5) is 21.6. The zero-order valence-corrected chi connectivity index (χ0v) is 11.7. The van der Waals surface area contributed by atoms with Crippen LogP contribution in [-0.2, 0) is 0 Å². The summed E-state index contributed by atoms with van der Waals surface area (Å²) in [6, 6.07) is 2.98. The Morgan fingerprint density at radius 3 is 2.67 bits per heavy atom. The van der Waals surface area contributed by atoms with E-state index in [1.807, 2.05) is 22.6 Å². The molecule has 0 saturated carbocycles. The standard InChI is InChI=1S/C8H4BrClINO3/c9-3-6(13)7-5(11)2-1-4(10)8(7)12(14)15/h1-2H,3H2. The first-order valence-corrected chi connectivity index (χ1v) is 6.28. The molecule has 4 nitrogen and oxygen atoms in total. The van der Waals surface area contributed by atoms with Crippen LogP contribution in [0.1, 0.15) is 10.4 Å². The number of carbonyl (C=O) groups excluding carboxylic acids is 1. The van der Waals surface area contributed by atoms with Crippen LogP contribution in [-0.4, -0.2) is 16.0 Å². The number of hydrogen-bond donors (Lipinski definition) is 0. The van der Waals surface area contributed by atoms with Crippen molar-refractivity contribution in [2.45, 2.75) is 0 Å². The number of nitro benzene ring substituents is 1. The predicted molar refractivity (Wildman–Crippen MR) is 68.9 cm³/mol. The average molecular weight is 404 g/mol. The second-order valence-electron chi connectivity index (χ2n) is 2.57. The van der Waals surface area contributed by atoms with E-state index in [2.05, 4.69) is 15.9 Å². The molecule has 1 aromatic rings. The van der Waals surface area contributed by atoms with Gasteiger partial charge in [0.15, 0.2) is 5.78 Å². The van der Waals surface area contributed by atoms with Crippen LogP contribution in [0.15, 0.2) is 12.1 Å². The van der Waals surface area contributed by atoms with Gasteiger partial charge in [0, 0.05) is 3.57 Å². The molecule has 0 aliphatic rings. The SMILES string of the molecule is O=C(CBr)c1c(I)ccc(Cl)c1[N+](=O)[O-]. The van der Waals surface area contributed by atoms with Gasteiger partial charge in [-0.15, -0.1) is 0 Å². The van der Waals surface area contributed by atoms with E-state index >= 15 is 0 Å². The lowest BCUT2D eigenvalue weighted by Gasteiger charge is -2.04. The van der Waals surface area contributed by atoms with Gasteiger partial charge in [-0.2, -0.15) is 0 Å². The molecule has 0 aliphatic heterocycles. The number of alkyl halides is 1. The lowest BCUT2D eigenvalue weighted by Crippen LogP contribution is -2.07. The number of Topliss-reactive ketones (excluding diaryl/α,β-unsaturated/α-hetero) is 1. The van der Waals surface area contributed by atoms with Crippen molar-refractivity contribution in [2.75, 3.05) is 5.33 Å². The van der Waals surface area contributed by atoms with Crippen molar-refractivity contribution in [1.82, 2.24) is 0 Å². The van der Waals surface area contributed by atoms with Gasteiger partial charge in [0.25, 0.3) is 5.69 Å².